The van der Waals surface area contributed by atoms with Crippen molar-refractivity contribution in [2.24, 2.45) is 0 Å². The minimum Gasteiger partial charge on any atom is -0.494 e. The normalized spacial score (nSPS) is 11.5. The van der Waals surface area contributed by atoms with E-state index in [1.807, 2.05) is 42.5 Å². The van der Waals surface area contributed by atoms with Crippen molar-refractivity contribution in [3.05, 3.63) is 42.5 Å². The van der Waals surface area contributed by atoms with Crippen LogP contribution in [0.2, 0.25) is 0 Å². The number of aromatic nitrogens is 1. The topological polar surface area (TPSA) is 57.5 Å². The summed E-state index contributed by atoms with van der Waals surface area (Å²) in [5, 5.41) is 0. The molecular formula is C33H55N5O3. The summed E-state index contributed by atoms with van der Waals surface area (Å²) in [6, 6.07) is 13.8. The van der Waals surface area contributed by atoms with Gasteiger partial charge in [-0.1, -0.05) is 6.92 Å². The molecule has 0 fully saturated rings. The maximum atomic E-state index is 6.03. The molecule has 8 nitrogen and oxygen atoms in total. The number of oxazole rings is 1. The van der Waals surface area contributed by atoms with E-state index in [2.05, 4.69) is 80.8 Å². The fraction of sp³-hybridized carbons (Fsp3) is 0.606. The maximum Gasteiger partial charge on any atom is 0.227 e. The molecule has 1 aromatic heterocycles. The first kappa shape index (κ1) is 34.6. The summed E-state index contributed by atoms with van der Waals surface area (Å²) in [6.45, 7) is 9.11. The molecule has 0 aliphatic heterocycles. The van der Waals surface area contributed by atoms with Gasteiger partial charge in [0.1, 0.15) is 17.0 Å². The Labute approximate surface area is 249 Å². The average molecular weight is 570 g/mol. The fourth-order valence-electron chi connectivity index (χ4n) is 4.28. The minimum absolute atomic E-state index is 0.604. The van der Waals surface area contributed by atoms with Gasteiger partial charge in [-0.3, -0.25) is 0 Å². The predicted molar refractivity (Wildman–Crippen MR) is 172 cm³/mol. The van der Waals surface area contributed by atoms with E-state index >= 15 is 0 Å². The summed E-state index contributed by atoms with van der Waals surface area (Å²) >= 11 is 0. The van der Waals surface area contributed by atoms with E-state index in [1.165, 1.54) is 25.8 Å². The number of benzene rings is 2. The van der Waals surface area contributed by atoms with Gasteiger partial charge < -0.3 is 33.5 Å². The van der Waals surface area contributed by atoms with Crippen LogP contribution >= 0.6 is 0 Å². The van der Waals surface area contributed by atoms with Crippen LogP contribution in [-0.2, 0) is 0 Å². The van der Waals surface area contributed by atoms with E-state index in [9.17, 15) is 0 Å². The fourth-order valence-corrected chi connectivity index (χ4v) is 4.28. The van der Waals surface area contributed by atoms with E-state index in [0.29, 0.717) is 19.1 Å². The molecule has 3 rings (SSSR count). The highest BCUT2D eigenvalue weighted by Gasteiger charge is 2.10. The monoisotopic (exact) mass is 569 g/mol. The largest absolute Gasteiger partial charge is 0.494 e. The Morgan fingerprint density at radius 1 is 0.634 bits per heavy atom. The molecule has 230 valence electrons. The molecule has 0 unspecified atom stereocenters. The molecule has 2 aromatic carbocycles. The summed E-state index contributed by atoms with van der Waals surface area (Å²) in [5.41, 5.74) is 2.49. The van der Waals surface area contributed by atoms with Crippen LogP contribution < -0.4 is 9.47 Å². The molecule has 0 amide bonds. The Balaban J connectivity index is 0.000000883. The van der Waals surface area contributed by atoms with Crippen LogP contribution in [0.25, 0.3) is 22.6 Å². The van der Waals surface area contributed by atoms with Gasteiger partial charge in [-0.2, -0.15) is 0 Å². The highest BCUT2D eigenvalue weighted by Crippen LogP contribution is 2.28. The number of nitrogens with zero attached hydrogens (tertiary/aromatic N) is 5. The Kier molecular flexibility index (Phi) is 16.4. The van der Waals surface area contributed by atoms with Crippen molar-refractivity contribution in [1.82, 2.24) is 24.6 Å². The van der Waals surface area contributed by atoms with Crippen LogP contribution in [0.1, 0.15) is 39.0 Å². The second-order valence-corrected chi connectivity index (χ2v) is 11.5. The van der Waals surface area contributed by atoms with Crippen molar-refractivity contribution in [3.8, 4) is 23.0 Å². The molecule has 0 radical (unpaired) electrons. The number of rotatable bonds is 18. The molecule has 1 heterocycles. The molecule has 0 N–H and O–H groups in total. The first-order chi connectivity index (χ1) is 19.7. The second kappa shape index (κ2) is 19.5. The van der Waals surface area contributed by atoms with Crippen LogP contribution in [0.3, 0.4) is 0 Å². The van der Waals surface area contributed by atoms with E-state index < -0.39 is 0 Å². The van der Waals surface area contributed by atoms with Gasteiger partial charge in [-0.25, -0.2) is 4.98 Å². The summed E-state index contributed by atoms with van der Waals surface area (Å²) < 4.78 is 17.8. The Bertz CT molecular complexity index is 1080. The molecule has 0 spiro atoms. The van der Waals surface area contributed by atoms with Crippen molar-refractivity contribution < 1.29 is 13.9 Å². The van der Waals surface area contributed by atoms with Crippen LogP contribution in [0, 0.1) is 0 Å². The molecule has 0 saturated heterocycles. The molecule has 0 saturated carbocycles. The molecule has 41 heavy (non-hydrogen) atoms. The van der Waals surface area contributed by atoms with Crippen molar-refractivity contribution in [3.63, 3.8) is 0 Å². The highest BCUT2D eigenvalue weighted by molar-refractivity contribution is 5.77. The van der Waals surface area contributed by atoms with E-state index in [1.54, 1.807) is 0 Å². The number of fused-ring (bicyclic) bond motifs is 1. The first-order valence-electron chi connectivity index (χ1n) is 15.1. The van der Waals surface area contributed by atoms with Gasteiger partial charge in [-0.05, 0) is 137 Å². The summed E-state index contributed by atoms with van der Waals surface area (Å²) in [4.78, 5) is 13.6. The van der Waals surface area contributed by atoms with Crippen LogP contribution in [0.15, 0.2) is 46.9 Å². The number of unbranched alkanes of at least 4 members (excludes halogenated alkanes) is 1. The van der Waals surface area contributed by atoms with Gasteiger partial charge in [0.05, 0.1) is 13.2 Å². The lowest BCUT2D eigenvalue weighted by Gasteiger charge is -2.17. The summed E-state index contributed by atoms with van der Waals surface area (Å²) in [5.74, 6) is 2.28. The lowest BCUT2D eigenvalue weighted by molar-refractivity contribution is 0.257. The zero-order valence-corrected chi connectivity index (χ0v) is 27.0. The molecule has 8 heteroatoms. The average Bonchev–Trinajstić information content (AvgIpc) is 3.35. The molecular weight excluding hydrogens is 514 g/mol. The second-order valence-electron chi connectivity index (χ2n) is 11.5. The van der Waals surface area contributed by atoms with Crippen LogP contribution in [-0.4, -0.2) is 120 Å². The number of hydrogen-bond acceptors (Lipinski definition) is 8. The van der Waals surface area contributed by atoms with Gasteiger partial charge in [0.2, 0.25) is 5.89 Å². The number of ether oxygens (including phenoxy) is 2. The Morgan fingerprint density at radius 2 is 1.17 bits per heavy atom. The Morgan fingerprint density at radius 3 is 1.78 bits per heavy atom. The van der Waals surface area contributed by atoms with Gasteiger partial charge in [-0.15, -0.1) is 0 Å². The van der Waals surface area contributed by atoms with E-state index in [4.69, 9.17) is 13.9 Å². The first-order valence-corrected chi connectivity index (χ1v) is 15.1. The zero-order valence-electron chi connectivity index (χ0n) is 27.0. The smallest absolute Gasteiger partial charge is 0.227 e. The SMILES string of the molecule is CCCN(C)C.CN(C)CCCCN(C)CCCOc1ccc2nc(-c3ccc(OCCCN(C)C)cc3)oc2c1. The standard InChI is InChI=1S/C28H42N4O3.C5H13N/c1-30(2)16-6-7-18-32(5)19-9-21-34-25-14-15-26-27(22-25)35-28(29-26)23-10-12-24(13-11-23)33-20-8-17-31(3)4;1-4-5-6(2)3/h10-15,22H,6-9,16-21H2,1-5H3;4-5H2,1-3H3. The van der Waals surface area contributed by atoms with Crippen molar-refractivity contribution in [2.45, 2.75) is 39.0 Å². The lowest BCUT2D eigenvalue weighted by atomic mass is 10.2. The maximum absolute atomic E-state index is 6.03. The van der Waals surface area contributed by atoms with E-state index in [-0.39, 0.29) is 0 Å². The highest BCUT2D eigenvalue weighted by atomic mass is 16.5. The molecule has 0 aliphatic carbocycles. The van der Waals surface area contributed by atoms with E-state index in [0.717, 1.165) is 67.2 Å². The molecule has 0 bridgehead atoms. The lowest BCUT2D eigenvalue weighted by Crippen LogP contribution is -2.23. The minimum atomic E-state index is 0.604. The van der Waals surface area contributed by atoms with Gasteiger partial charge >= 0.3 is 0 Å². The Hall–Kier alpha value is -2.65. The summed E-state index contributed by atoms with van der Waals surface area (Å²) in [7, 11) is 14.7. The van der Waals surface area contributed by atoms with Gasteiger partial charge in [0, 0.05) is 24.7 Å². The predicted octanol–water partition coefficient (Wildman–Crippen LogP) is 5.83. The molecule has 0 aliphatic rings. The quantitative estimate of drug-likeness (QED) is 0.178. The zero-order chi connectivity index (χ0) is 30.0. The third-order valence-electron chi connectivity index (χ3n) is 6.50. The summed E-state index contributed by atoms with van der Waals surface area (Å²) in [6.07, 6.45) is 5.72. The third-order valence-corrected chi connectivity index (χ3v) is 6.50. The van der Waals surface area contributed by atoms with Gasteiger partial charge in [0.15, 0.2) is 5.58 Å². The van der Waals surface area contributed by atoms with Crippen LogP contribution in [0.5, 0.6) is 11.5 Å². The van der Waals surface area contributed by atoms with Crippen LogP contribution in [0.4, 0.5) is 0 Å². The molecule has 3 aromatic rings. The van der Waals surface area contributed by atoms with Crippen molar-refractivity contribution in [2.75, 3.05) is 95.3 Å². The van der Waals surface area contributed by atoms with Crippen molar-refractivity contribution >= 4 is 11.1 Å². The van der Waals surface area contributed by atoms with Crippen molar-refractivity contribution in [1.29, 1.82) is 0 Å². The third kappa shape index (κ3) is 14.7. The number of hydrogen-bond donors (Lipinski definition) is 0. The van der Waals surface area contributed by atoms with Gasteiger partial charge in [0.25, 0.3) is 0 Å². The molecule has 0 atom stereocenters.